The fourth-order valence-corrected chi connectivity index (χ4v) is 2.26. The van der Waals surface area contributed by atoms with E-state index in [2.05, 4.69) is 0 Å². The average molecular weight is 310 g/mol. The highest BCUT2D eigenvalue weighted by atomic mass is 35.5. The van der Waals surface area contributed by atoms with E-state index in [1.54, 1.807) is 32.9 Å². The second-order valence-electron chi connectivity index (χ2n) is 5.78. The Hall–Kier alpha value is -1.88. The molecule has 0 aliphatic carbocycles. The predicted molar refractivity (Wildman–Crippen MR) is 78.6 cm³/mol. The Morgan fingerprint density at radius 2 is 1.95 bits per heavy atom. The number of halogens is 1. The smallest absolute Gasteiger partial charge is 0.308 e. The van der Waals surface area contributed by atoms with Gasteiger partial charge in [0.25, 0.3) is 11.7 Å². The molecule has 0 saturated heterocycles. The van der Waals surface area contributed by atoms with Crippen molar-refractivity contribution in [1.82, 2.24) is 0 Å². The number of benzene rings is 1. The van der Waals surface area contributed by atoms with E-state index in [1.807, 2.05) is 0 Å². The van der Waals surface area contributed by atoms with E-state index in [9.17, 15) is 14.4 Å². The number of esters is 1. The van der Waals surface area contributed by atoms with E-state index in [0.29, 0.717) is 10.7 Å². The van der Waals surface area contributed by atoms with Crippen molar-refractivity contribution >= 4 is 34.9 Å². The van der Waals surface area contributed by atoms with Gasteiger partial charge < -0.3 is 9.64 Å². The van der Waals surface area contributed by atoms with E-state index >= 15 is 0 Å². The second-order valence-corrected chi connectivity index (χ2v) is 6.22. The minimum atomic E-state index is -0.643. The average Bonchev–Trinajstić information content (AvgIpc) is 2.58. The Labute approximate surface area is 127 Å². The molecule has 0 bridgehead atoms. The number of anilines is 1. The summed E-state index contributed by atoms with van der Waals surface area (Å²) >= 11 is 5.83. The fourth-order valence-electron chi connectivity index (χ4n) is 2.09. The monoisotopic (exact) mass is 309 g/mol. The van der Waals surface area contributed by atoms with Crippen LogP contribution in [0.3, 0.4) is 0 Å². The number of hydrogen-bond donors (Lipinski definition) is 0. The predicted octanol–water partition coefficient (Wildman–Crippen LogP) is 2.60. The molecular formula is C15H16ClNO4. The molecule has 0 radical (unpaired) electrons. The number of ketones is 1. The van der Waals surface area contributed by atoms with Crippen molar-refractivity contribution in [1.29, 1.82) is 0 Å². The van der Waals surface area contributed by atoms with Crippen LogP contribution in [-0.4, -0.2) is 29.8 Å². The van der Waals surface area contributed by atoms with Crippen molar-refractivity contribution in [2.75, 3.05) is 11.4 Å². The summed E-state index contributed by atoms with van der Waals surface area (Å²) in [5.41, 5.74) is 0.183. The van der Waals surface area contributed by atoms with E-state index in [1.165, 1.54) is 11.0 Å². The van der Waals surface area contributed by atoms with Crippen LogP contribution in [0, 0.1) is 0 Å². The lowest BCUT2D eigenvalue weighted by atomic mass is 10.1. The summed E-state index contributed by atoms with van der Waals surface area (Å²) in [7, 11) is 0. The zero-order valence-electron chi connectivity index (χ0n) is 12.1. The van der Waals surface area contributed by atoms with Gasteiger partial charge in [-0.3, -0.25) is 14.4 Å². The van der Waals surface area contributed by atoms with Gasteiger partial charge in [0.05, 0.1) is 17.7 Å². The maximum absolute atomic E-state index is 12.0. The van der Waals surface area contributed by atoms with Crippen LogP contribution in [0.2, 0.25) is 5.02 Å². The van der Waals surface area contributed by atoms with Crippen LogP contribution >= 0.6 is 11.6 Å². The van der Waals surface area contributed by atoms with Gasteiger partial charge in [-0.1, -0.05) is 11.6 Å². The molecule has 0 atom stereocenters. The lowest BCUT2D eigenvalue weighted by molar-refractivity contribution is -0.154. The van der Waals surface area contributed by atoms with Gasteiger partial charge in [-0.05, 0) is 39.0 Å². The Morgan fingerprint density at radius 1 is 1.29 bits per heavy atom. The number of hydrogen-bond acceptors (Lipinski definition) is 4. The second kappa shape index (κ2) is 5.48. The largest absolute Gasteiger partial charge is 0.460 e. The molecule has 0 spiro atoms. The lowest BCUT2D eigenvalue weighted by Gasteiger charge is -2.21. The zero-order valence-corrected chi connectivity index (χ0v) is 12.9. The van der Waals surface area contributed by atoms with Crippen molar-refractivity contribution in [3.63, 3.8) is 0 Å². The third-order valence-electron chi connectivity index (χ3n) is 2.89. The van der Waals surface area contributed by atoms with Crippen LogP contribution in [0.1, 0.15) is 37.6 Å². The Kier molecular flexibility index (Phi) is 4.05. The first-order valence-electron chi connectivity index (χ1n) is 6.56. The van der Waals surface area contributed by atoms with Crippen LogP contribution in [-0.2, 0) is 14.3 Å². The quantitative estimate of drug-likeness (QED) is 0.636. The van der Waals surface area contributed by atoms with Crippen LogP contribution in [0.25, 0.3) is 0 Å². The molecule has 2 rings (SSSR count). The molecule has 1 aliphatic rings. The van der Waals surface area contributed by atoms with Gasteiger partial charge in [-0.15, -0.1) is 0 Å². The summed E-state index contributed by atoms with van der Waals surface area (Å²) in [5, 5.41) is 0.392. The summed E-state index contributed by atoms with van der Waals surface area (Å²) in [6.07, 6.45) is 0.0261. The SMILES string of the molecule is CC(C)(C)OC(=O)CCN1C(=O)C(=O)c2cc(Cl)ccc21. The number of carbonyl (C=O) groups excluding carboxylic acids is 3. The molecule has 112 valence electrons. The molecule has 21 heavy (non-hydrogen) atoms. The molecule has 0 fully saturated rings. The number of amides is 1. The summed E-state index contributed by atoms with van der Waals surface area (Å²) in [6.45, 7) is 5.42. The number of fused-ring (bicyclic) bond motifs is 1. The summed E-state index contributed by atoms with van der Waals surface area (Å²) in [4.78, 5) is 36.8. The minimum Gasteiger partial charge on any atom is -0.460 e. The number of carbonyl (C=O) groups is 3. The van der Waals surface area contributed by atoms with Crippen molar-refractivity contribution in [3.8, 4) is 0 Å². The molecule has 0 aromatic heterocycles. The number of rotatable bonds is 3. The zero-order chi connectivity index (χ0) is 15.8. The van der Waals surface area contributed by atoms with Crippen LogP contribution < -0.4 is 4.90 Å². The summed E-state index contributed by atoms with van der Waals surface area (Å²) < 4.78 is 5.18. The van der Waals surface area contributed by atoms with E-state index in [-0.39, 0.29) is 18.5 Å². The normalized spacial score (nSPS) is 14.4. The van der Waals surface area contributed by atoms with Crippen LogP contribution in [0.5, 0.6) is 0 Å². The first-order chi connectivity index (χ1) is 9.69. The van der Waals surface area contributed by atoms with Gasteiger partial charge in [0.15, 0.2) is 0 Å². The number of nitrogens with zero attached hydrogens (tertiary/aromatic N) is 1. The Balaban J connectivity index is 2.10. The molecule has 1 heterocycles. The third kappa shape index (κ3) is 3.42. The molecule has 0 saturated carbocycles. The molecular weight excluding hydrogens is 294 g/mol. The molecule has 1 aliphatic heterocycles. The van der Waals surface area contributed by atoms with E-state index < -0.39 is 23.3 Å². The lowest BCUT2D eigenvalue weighted by Crippen LogP contribution is -2.33. The van der Waals surface area contributed by atoms with Crippen molar-refractivity contribution in [3.05, 3.63) is 28.8 Å². The van der Waals surface area contributed by atoms with Gasteiger partial charge in [-0.2, -0.15) is 0 Å². The Morgan fingerprint density at radius 3 is 2.57 bits per heavy atom. The van der Waals surface area contributed by atoms with Gasteiger partial charge in [0, 0.05) is 11.6 Å². The van der Waals surface area contributed by atoms with Crippen molar-refractivity contribution in [2.45, 2.75) is 32.8 Å². The van der Waals surface area contributed by atoms with Crippen LogP contribution in [0.4, 0.5) is 5.69 Å². The molecule has 0 unspecified atom stereocenters. The third-order valence-corrected chi connectivity index (χ3v) is 3.13. The van der Waals surface area contributed by atoms with Gasteiger partial charge in [0.2, 0.25) is 0 Å². The number of Topliss-reactive ketones (excluding diaryl/α,β-unsaturated/α-hetero) is 1. The molecule has 5 nitrogen and oxygen atoms in total. The molecule has 1 aromatic carbocycles. The standard InChI is InChI=1S/C15H16ClNO4/c1-15(2,3)21-12(18)6-7-17-11-5-4-9(16)8-10(11)13(19)14(17)20/h4-5,8H,6-7H2,1-3H3. The summed E-state index contributed by atoms with van der Waals surface area (Å²) in [5.74, 6) is -1.65. The van der Waals surface area contributed by atoms with Crippen molar-refractivity contribution < 1.29 is 19.1 Å². The Bertz CT molecular complexity index is 619. The molecule has 0 N–H and O–H groups in total. The minimum absolute atomic E-state index is 0.0261. The highest BCUT2D eigenvalue weighted by Crippen LogP contribution is 2.31. The molecule has 6 heteroatoms. The number of ether oxygens (including phenoxy) is 1. The molecule has 1 aromatic rings. The highest BCUT2D eigenvalue weighted by Gasteiger charge is 2.36. The fraction of sp³-hybridized carbons (Fsp3) is 0.400. The maximum Gasteiger partial charge on any atom is 0.308 e. The first kappa shape index (κ1) is 15.5. The maximum atomic E-state index is 12.0. The van der Waals surface area contributed by atoms with Crippen molar-refractivity contribution in [2.24, 2.45) is 0 Å². The summed E-state index contributed by atoms with van der Waals surface area (Å²) in [6, 6.07) is 4.67. The topological polar surface area (TPSA) is 63.7 Å². The van der Waals surface area contributed by atoms with Gasteiger partial charge in [0.1, 0.15) is 5.60 Å². The van der Waals surface area contributed by atoms with Gasteiger partial charge in [-0.25, -0.2) is 0 Å². The highest BCUT2D eigenvalue weighted by molar-refractivity contribution is 6.52. The first-order valence-corrected chi connectivity index (χ1v) is 6.94. The molecule has 1 amide bonds. The van der Waals surface area contributed by atoms with Crippen LogP contribution in [0.15, 0.2) is 18.2 Å². The van der Waals surface area contributed by atoms with E-state index in [0.717, 1.165) is 0 Å². The van der Waals surface area contributed by atoms with Gasteiger partial charge >= 0.3 is 5.97 Å². The van der Waals surface area contributed by atoms with E-state index in [4.69, 9.17) is 16.3 Å².